The third-order valence-corrected chi connectivity index (χ3v) is 5.02. The fourth-order valence-corrected chi connectivity index (χ4v) is 3.25. The van der Waals surface area contributed by atoms with Crippen LogP contribution in [0.4, 0.5) is 5.69 Å². The normalized spacial score (nSPS) is 11.1. The smallest absolute Gasteiger partial charge is 0.339 e. The first-order valence-corrected chi connectivity index (χ1v) is 8.97. The first-order valence-electron chi connectivity index (χ1n) is 8.97. The van der Waals surface area contributed by atoms with Crippen LogP contribution in [0.3, 0.4) is 0 Å². The summed E-state index contributed by atoms with van der Waals surface area (Å²) in [6, 6.07) is 11.2. The minimum absolute atomic E-state index is 0.146. The number of hydrogen-bond acceptors (Lipinski definition) is 4. The van der Waals surface area contributed by atoms with Gasteiger partial charge in [0.05, 0.1) is 0 Å². The van der Waals surface area contributed by atoms with Crippen molar-refractivity contribution in [2.45, 2.75) is 20.8 Å². The number of carbonyl (C=O) groups excluding carboxylic acids is 1. The fraction of sp³-hybridized carbons (Fsp3) is 0.182. The van der Waals surface area contributed by atoms with E-state index in [1.54, 1.807) is 13.0 Å². The van der Waals surface area contributed by atoms with Crippen LogP contribution in [0.1, 0.15) is 16.7 Å². The van der Waals surface area contributed by atoms with Gasteiger partial charge >= 0.3 is 5.63 Å². The highest BCUT2D eigenvalue weighted by Gasteiger charge is 2.14. The molecule has 0 saturated heterocycles. The molecule has 4 aromatic rings. The number of aryl methyl sites for hydroxylation is 2. The molecule has 142 valence electrons. The van der Waals surface area contributed by atoms with Gasteiger partial charge in [-0.3, -0.25) is 4.79 Å². The lowest BCUT2D eigenvalue weighted by Crippen LogP contribution is -2.20. The highest BCUT2D eigenvalue weighted by atomic mass is 16.5. The summed E-state index contributed by atoms with van der Waals surface area (Å²) in [7, 11) is 0. The molecule has 6 nitrogen and oxygen atoms in total. The van der Waals surface area contributed by atoms with Gasteiger partial charge in [-0.2, -0.15) is 0 Å². The van der Waals surface area contributed by atoms with Gasteiger partial charge in [-0.15, -0.1) is 0 Å². The summed E-state index contributed by atoms with van der Waals surface area (Å²) in [5.74, 6) is 0.242. The Kier molecular flexibility index (Phi) is 4.39. The molecule has 0 aliphatic rings. The minimum atomic E-state index is -0.358. The van der Waals surface area contributed by atoms with E-state index < -0.39 is 0 Å². The number of fused-ring (bicyclic) bond motifs is 2. The summed E-state index contributed by atoms with van der Waals surface area (Å²) < 4.78 is 11.1. The topological polar surface area (TPSA) is 84.3 Å². The summed E-state index contributed by atoms with van der Waals surface area (Å²) in [5.41, 5.74) is 4.02. The highest BCUT2D eigenvalue weighted by Crippen LogP contribution is 2.29. The standard InChI is InChI=1S/C22H20N2O4/c1-12-13(2)22(26)28-21-14(3)19(7-5-17(12)21)27-11-20(25)24-16-4-6-18-15(10-16)8-9-23-18/h4-10,23H,11H2,1-3H3,(H,24,25). The summed E-state index contributed by atoms with van der Waals surface area (Å²) in [6.07, 6.45) is 1.85. The Morgan fingerprint density at radius 3 is 2.71 bits per heavy atom. The molecule has 0 unspecified atom stereocenters. The lowest BCUT2D eigenvalue weighted by molar-refractivity contribution is -0.118. The Morgan fingerprint density at radius 1 is 1.07 bits per heavy atom. The second-order valence-electron chi connectivity index (χ2n) is 6.82. The van der Waals surface area contributed by atoms with E-state index >= 15 is 0 Å². The molecule has 28 heavy (non-hydrogen) atoms. The van der Waals surface area contributed by atoms with Gasteiger partial charge in [0.1, 0.15) is 11.3 Å². The lowest BCUT2D eigenvalue weighted by atomic mass is 10.0. The van der Waals surface area contributed by atoms with Gasteiger partial charge in [-0.1, -0.05) is 0 Å². The Labute approximate surface area is 161 Å². The van der Waals surface area contributed by atoms with E-state index in [1.165, 1.54) is 0 Å². The van der Waals surface area contributed by atoms with Gasteiger partial charge in [0.15, 0.2) is 6.61 Å². The van der Waals surface area contributed by atoms with Crippen molar-refractivity contribution < 1.29 is 13.9 Å². The average Bonchev–Trinajstić information content (AvgIpc) is 3.14. The molecule has 0 spiro atoms. The largest absolute Gasteiger partial charge is 0.483 e. The number of aromatic nitrogens is 1. The van der Waals surface area contributed by atoms with Crippen LogP contribution in [0, 0.1) is 20.8 Å². The van der Waals surface area contributed by atoms with Gasteiger partial charge in [0, 0.05) is 39.3 Å². The predicted octanol–water partition coefficient (Wildman–Crippen LogP) is 4.22. The molecule has 0 aliphatic heterocycles. The van der Waals surface area contributed by atoms with Crippen LogP contribution >= 0.6 is 0 Å². The molecule has 0 fully saturated rings. The first-order chi connectivity index (χ1) is 13.4. The zero-order valence-corrected chi connectivity index (χ0v) is 15.9. The number of rotatable bonds is 4. The predicted molar refractivity (Wildman–Crippen MR) is 109 cm³/mol. The van der Waals surface area contributed by atoms with Gasteiger partial charge in [-0.05, 0) is 62.7 Å². The third-order valence-electron chi connectivity index (χ3n) is 5.02. The Hall–Kier alpha value is -3.54. The summed E-state index contributed by atoms with van der Waals surface area (Å²) in [4.78, 5) is 27.4. The molecule has 6 heteroatoms. The molecular formula is C22H20N2O4. The van der Waals surface area contributed by atoms with Crippen molar-refractivity contribution in [2.75, 3.05) is 11.9 Å². The van der Waals surface area contributed by atoms with Crippen LogP contribution in [0.5, 0.6) is 5.75 Å². The van der Waals surface area contributed by atoms with Crippen LogP contribution in [-0.2, 0) is 4.79 Å². The Bertz CT molecular complexity index is 1270. The number of benzene rings is 2. The summed E-state index contributed by atoms with van der Waals surface area (Å²) in [6.45, 7) is 5.30. The van der Waals surface area contributed by atoms with Crippen molar-refractivity contribution in [3.05, 3.63) is 69.7 Å². The van der Waals surface area contributed by atoms with E-state index in [-0.39, 0.29) is 18.1 Å². The van der Waals surface area contributed by atoms with Crippen molar-refractivity contribution in [3.8, 4) is 5.75 Å². The number of nitrogens with one attached hydrogen (secondary N) is 2. The maximum absolute atomic E-state index is 12.3. The molecule has 0 atom stereocenters. The molecule has 2 N–H and O–H groups in total. The quantitative estimate of drug-likeness (QED) is 0.522. The monoisotopic (exact) mass is 376 g/mol. The van der Waals surface area contributed by atoms with E-state index in [0.717, 1.165) is 21.9 Å². The Morgan fingerprint density at radius 2 is 1.89 bits per heavy atom. The maximum Gasteiger partial charge on any atom is 0.339 e. The molecule has 2 aromatic heterocycles. The molecule has 2 aromatic carbocycles. The molecule has 4 rings (SSSR count). The van der Waals surface area contributed by atoms with Crippen LogP contribution in [-0.4, -0.2) is 17.5 Å². The molecule has 1 amide bonds. The van der Waals surface area contributed by atoms with E-state index in [0.29, 0.717) is 28.1 Å². The zero-order chi connectivity index (χ0) is 19.8. The van der Waals surface area contributed by atoms with E-state index in [9.17, 15) is 9.59 Å². The zero-order valence-electron chi connectivity index (χ0n) is 15.9. The number of ether oxygens (including phenoxy) is 1. The maximum atomic E-state index is 12.3. The van der Waals surface area contributed by atoms with Crippen molar-refractivity contribution in [2.24, 2.45) is 0 Å². The number of amides is 1. The molecule has 0 saturated carbocycles. The number of hydrogen-bond donors (Lipinski definition) is 2. The average molecular weight is 376 g/mol. The van der Waals surface area contributed by atoms with Crippen LogP contribution < -0.4 is 15.7 Å². The van der Waals surface area contributed by atoms with Gasteiger partial charge in [0.25, 0.3) is 5.91 Å². The number of carbonyl (C=O) groups is 1. The van der Waals surface area contributed by atoms with Gasteiger partial charge in [0.2, 0.25) is 0 Å². The molecule has 0 aliphatic carbocycles. The van der Waals surface area contributed by atoms with Crippen LogP contribution in [0.25, 0.3) is 21.9 Å². The third kappa shape index (κ3) is 3.13. The first kappa shape index (κ1) is 17.9. The molecule has 0 bridgehead atoms. The number of anilines is 1. The summed E-state index contributed by atoms with van der Waals surface area (Å²) >= 11 is 0. The van der Waals surface area contributed by atoms with Gasteiger partial charge in [-0.25, -0.2) is 4.79 Å². The molecule has 2 heterocycles. The molecule has 0 radical (unpaired) electrons. The van der Waals surface area contributed by atoms with Crippen LogP contribution in [0.2, 0.25) is 0 Å². The van der Waals surface area contributed by atoms with Crippen molar-refractivity contribution >= 4 is 33.5 Å². The van der Waals surface area contributed by atoms with Crippen molar-refractivity contribution in [3.63, 3.8) is 0 Å². The van der Waals surface area contributed by atoms with Crippen molar-refractivity contribution in [1.29, 1.82) is 0 Å². The number of H-pyrrole nitrogens is 1. The highest BCUT2D eigenvalue weighted by molar-refractivity contribution is 5.94. The molecular weight excluding hydrogens is 356 g/mol. The van der Waals surface area contributed by atoms with E-state index in [1.807, 2.05) is 50.4 Å². The summed E-state index contributed by atoms with van der Waals surface area (Å²) in [5, 5.41) is 4.71. The fourth-order valence-electron chi connectivity index (χ4n) is 3.25. The second-order valence-corrected chi connectivity index (χ2v) is 6.82. The minimum Gasteiger partial charge on any atom is -0.483 e. The second kappa shape index (κ2) is 6.88. The van der Waals surface area contributed by atoms with Crippen LogP contribution in [0.15, 0.2) is 51.8 Å². The Balaban J connectivity index is 1.51. The van der Waals surface area contributed by atoms with E-state index in [2.05, 4.69) is 10.3 Å². The van der Waals surface area contributed by atoms with Crippen molar-refractivity contribution in [1.82, 2.24) is 4.98 Å². The lowest BCUT2D eigenvalue weighted by Gasteiger charge is -2.12. The number of aromatic amines is 1. The SMILES string of the molecule is Cc1c(C)c2ccc(OCC(=O)Nc3ccc4[nH]ccc4c3)c(C)c2oc1=O. The van der Waals surface area contributed by atoms with E-state index in [4.69, 9.17) is 9.15 Å². The van der Waals surface area contributed by atoms with Gasteiger partial charge < -0.3 is 19.5 Å².